The van der Waals surface area contributed by atoms with Gasteiger partial charge in [-0.1, -0.05) is 35.5 Å². The second-order valence-electron chi connectivity index (χ2n) is 7.38. The third kappa shape index (κ3) is 3.50. The van der Waals surface area contributed by atoms with Gasteiger partial charge in [-0.25, -0.2) is 4.79 Å². The van der Waals surface area contributed by atoms with Gasteiger partial charge in [0.1, 0.15) is 34.5 Å². The molecular formula is C19H19N3NaO5S. The Morgan fingerprint density at radius 1 is 1.28 bits per heavy atom. The van der Waals surface area contributed by atoms with Gasteiger partial charge >= 0.3 is 5.97 Å². The SMILES string of the molecule is Cc1onc(-c2ccccc2)c1C(=O)N[C@@H]1C(=O)N2[C@@H]1SC(C)(C)[C@@H]2C(=O)O.[Na]. The van der Waals surface area contributed by atoms with Crippen LogP contribution in [0.1, 0.15) is 30.0 Å². The Hall–Kier alpha value is -1.81. The van der Waals surface area contributed by atoms with Crippen LogP contribution in [-0.2, 0) is 9.59 Å². The summed E-state index contributed by atoms with van der Waals surface area (Å²) < 4.78 is 4.57. The molecule has 3 heterocycles. The van der Waals surface area contributed by atoms with Crippen LogP contribution in [0.15, 0.2) is 34.9 Å². The summed E-state index contributed by atoms with van der Waals surface area (Å²) in [5.41, 5.74) is 1.41. The summed E-state index contributed by atoms with van der Waals surface area (Å²) in [6.45, 7) is 5.22. The van der Waals surface area contributed by atoms with Crippen molar-refractivity contribution in [3.05, 3.63) is 41.7 Å². The zero-order valence-electron chi connectivity index (χ0n) is 16.5. The van der Waals surface area contributed by atoms with Gasteiger partial charge in [-0.3, -0.25) is 9.59 Å². The molecule has 10 heteroatoms. The summed E-state index contributed by atoms with van der Waals surface area (Å²) in [4.78, 5) is 38.5. The molecule has 4 rings (SSSR count). The fourth-order valence-corrected chi connectivity index (χ4v) is 5.42. The van der Waals surface area contributed by atoms with Crippen LogP contribution < -0.4 is 5.32 Å². The summed E-state index contributed by atoms with van der Waals surface area (Å²) in [6.07, 6.45) is 0. The zero-order chi connectivity index (χ0) is 20.2. The van der Waals surface area contributed by atoms with Crippen LogP contribution in [0.2, 0.25) is 0 Å². The van der Waals surface area contributed by atoms with Gasteiger partial charge in [-0.05, 0) is 20.8 Å². The smallest absolute Gasteiger partial charge is 0.327 e. The first kappa shape index (κ1) is 21.9. The van der Waals surface area contributed by atoms with Crippen molar-refractivity contribution in [2.45, 2.75) is 43.0 Å². The van der Waals surface area contributed by atoms with E-state index < -0.39 is 34.1 Å². The topological polar surface area (TPSA) is 113 Å². The molecule has 0 unspecified atom stereocenters. The van der Waals surface area contributed by atoms with E-state index in [1.165, 1.54) is 16.7 Å². The van der Waals surface area contributed by atoms with Crippen molar-refractivity contribution >= 4 is 59.1 Å². The molecule has 2 amide bonds. The maximum atomic E-state index is 12.9. The van der Waals surface area contributed by atoms with Gasteiger partial charge < -0.3 is 19.8 Å². The molecule has 2 saturated heterocycles. The molecule has 2 fully saturated rings. The van der Waals surface area contributed by atoms with E-state index in [1.54, 1.807) is 20.8 Å². The molecule has 3 atom stereocenters. The summed E-state index contributed by atoms with van der Waals surface area (Å²) >= 11 is 1.38. The van der Waals surface area contributed by atoms with Gasteiger partial charge in [-0.2, -0.15) is 0 Å². The largest absolute Gasteiger partial charge is 0.480 e. The van der Waals surface area contributed by atoms with Gasteiger partial charge in [-0.15, -0.1) is 11.8 Å². The molecule has 0 saturated carbocycles. The molecule has 2 aliphatic heterocycles. The number of β-lactam (4-membered cyclic amide) rings is 1. The fraction of sp³-hybridized carbons (Fsp3) is 0.368. The van der Waals surface area contributed by atoms with E-state index in [4.69, 9.17) is 4.52 Å². The number of carbonyl (C=O) groups excluding carboxylic acids is 2. The van der Waals surface area contributed by atoms with Crippen LogP contribution >= 0.6 is 11.8 Å². The Morgan fingerprint density at radius 3 is 2.55 bits per heavy atom. The molecule has 0 aliphatic carbocycles. The van der Waals surface area contributed by atoms with Crippen molar-refractivity contribution in [1.82, 2.24) is 15.4 Å². The van der Waals surface area contributed by atoms with Gasteiger partial charge in [0.05, 0.1) is 0 Å². The molecule has 0 spiro atoms. The summed E-state index contributed by atoms with van der Waals surface area (Å²) in [5.74, 6) is -1.55. The number of amides is 2. The molecule has 1 aromatic carbocycles. The van der Waals surface area contributed by atoms with Crippen molar-refractivity contribution in [3.63, 3.8) is 0 Å². The molecule has 1 radical (unpaired) electrons. The number of carbonyl (C=O) groups is 3. The standard InChI is InChI=1S/C19H19N3O5S.Na/c1-9-11(12(21-27-9)10-7-5-4-6-8-10)15(23)20-13-16(24)22-14(18(25)26)19(2,3)28-17(13)22;/h4-8,13-14,17H,1-3H3,(H,20,23)(H,25,26);/t13-,14+,17-;/m1./s1. The van der Waals surface area contributed by atoms with Gasteiger partial charge in [0.15, 0.2) is 0 Å². The van der Waals surface area contributed by atoms with Gasteiger partial charge in [0.25, 0.3) is 5.91 Å². The van der Waals surface area contributed by atoms with E-state index in [9.17, 15) is 19.5 Å². The van der Waals surface area contributed by atoms with E-state index in [0.717, 1.165) is 5.56 Å². The van der Waals surface area contributed by atoms with Crippen LogP contribution in [0.25, 0.3) is 11.3 Å². The Kier molecular flexibility index (Phi) is 5.88. The number of aliphatic carboxylic acids is 1. The van der Waals surface area contributed by atoms with Crippen LogP contribution in [0.3, 0.4) is 0 Å². The first-order valence-electron chi connectivity index (χ1n) is 8.77. The third-order valence-corrected chi connectivity index (χ3v) is 6.67. The number of fused-ring (bicyclic) bond motifs is 1. The number of aryl methyl sites for hydroxylation is 1. The minimum absolute atomic E-state index is 0. The fourth-order valence-electron chi connectivity index (χ4n) is 3.79. The Labute approximate surface area is 193 Å². The predicted molar refractivity (Wildman–Crippen MR) is 107 cm³/mol. The average Bonchev–Trinajstić information content (AvgIpc) is 3.15. The van der Waals surface area contributed by atoms with Crippen molar-refractivity contribution < 1.29 is 24.0 Å². The summed E-state index contributed by atoms with van der Waals surface area (Å²) in [5, 5.41) is 15.8. The molecule has 0 bridgehead atoms. The number of hydrogen-bond acceptors (Lipinski definition) is 6. The first-order valence-corrected chi connectivity index (χ1v) is 9.65. The molecule has 2 N–H and O–H groups in total. The number of thioether (sulfide) groups is 1. The van der Waals surface area contributed by atoms with Crippen molar-refractivity contribution in [2.24, 2.45) is 0 Å². The number of benzene rings is 1. The van der Waals surface area contributed by atoms with Gasteiger partial charge in [0.2, 0.25) is 5.91 Å². The number of nitrogens with one attached hydrogen (secondary N) is 1. The Bertz CT molecular complexity index is 977. The molecular weight excluding hydrogens is 405 g/mol. The van der Waals surface area contributed by atoms with Crippen LogP contribution in [0, 0.1) is 6.92 Å². The number of carboxylic acid groups (broad SMARTS) is 1. The first-order chi connectivity index (χ1) is 13.2. The van der Waals surface area contributed by atoms with E-state index in [1.807, 2.05) is 30.3 Å². The molecule has 147 valence electrons. The van der Waals surface area contributed by atoms with E-state index >= 15 is 0 Å². The quantitative estimate of drug-likeness (QED) is 0.565. The number of nitrogens with zero attached hydrogens (tertiary/aromatic N) is 2. The summed E-state index contributed by atoms with van der Waals surface area (Å²) in [7, 11) is 0. The minimum atomic E-state index is -1.04. The number of carboxylic acids is 1. The predicted octanol–water partition coefficient (Wildman–Crippen LogP) is 1.51. The zero-order valence-corrected chi connectivity index (χ0v) is 19.3. The normalized spacial score (nSPS) is 24.3. The van der Waals surface area contributed by atoms with E-state index in [-0.39, 0.29) is 41.0 Å². The van der Waals surface area contributed by atoms with Crippen LogP contribution in [-0.4, -0.2) is 84.7 Å². The van der Waals surface area contributed by atoms with E-state index in [0.29, 0.717) is 11.5 Å². The van der Waals surface area contributed by atoms with Crippen LogP contribution in [0.4, 0.5) is 0 Å². The molecule has 8 nitrogen and oxygen atoms in total. The molecule has 2 aliphatic rings. The van der Waals surface area contributed by atoms with Crippen LogP contribution in [0.5, 0.6) is 0 Å². The maximum absolute atomic E-state index is 12.9. The average molecular weight is 424 g/mol. The minimum Gasteiger partial charge on any atom is -0.480 e. The number of rotatable bonds is 4. The third-order valence-electron chi connectivity index (χ3n) is 5.10. The monoisotopic (exact) mass is 424 g/mol. The summed E-state index contributed by atoms with van der Waals surface area (Å²) in [6, 6.07) is 7.46. The van der Waals surface area contributed by atoms with Crippen molar-refractivity contribution in [2.75, 3.05) is 0 Å². The number of hydrogen-bond donors (Lipinski definition) is 2. The molecule has 29 heavy (non-hydrogen) atoms. The van der Waals surface area contributed by atoms with E-state index in [2.05, 4.69) is 10.5 Å². The molecule has 2 aromatic rings. The van der Waals surface area contributed by atoms with Crippen molar-refractivity contribution in [1.29, 1.82) is 0 Å². The number of aromatic nitrogens is 1. The Morgan fingerprint density at radius 2 is 1.93 bits per heavy atom. The maximum Gasteiger partial charge on any atom is 0.327 e. The molecule has 1 aromatic heterocycles. The second-order valence-corrected chi connectivity index (χ2v) is 9.15. The van der Waals surface area contributed by atoms with Crippen molar-refractivity contribution in [3.8, 4) is 11.3 Å². The second kappa shape index (κ2) is 7.79. The van der Waals surface area contributed by atoms with Gasteiger partial charge in [0, 0.05) is 39.9 Å². The Balaban J connectivity index is 0.00000240.